The third kappa shape index (κ3) is 5.81. The zero-order valence-electron chi connectivity index (χ0n) is 12.4. The van der Waals surface area contributed by atoms with Crippen molar-refractivity contribution in [1.82, 2.24) is 4.90 Å². The Bertz CT molecular complexity index is 329. The molecule has 0 aliphatic carbocycles. The zero-order chi connectivity index (χ0) is 15.9. The van der Waals surface area contributed by atoms with Crippen molar-refractivity contribution < 1.29 is 28.2 Å². The highest BCUT2D eigenvalue weighted by molar-refractivity contribution is 5.98. The molecular weight excluding hydrogens is 272 g/mol. The van der Waals surface area contributed by atoms with E-state index in [1.54, 1.807) is 27.7 Å². The Balaban J connectivity index is 5.22. The van der Waals surface area contributed by atoms with Crippen LogP contribution in [0.15, 0.2) is 0 Å². The van der Waals surface area contributed by atoms with Crippen molar-refractivity contribution in [3.8, 4) is 0 Å². The van der Waals surface area contributed by atoms with Gasteiger partial charge in [0, 0.05) is 6.54 Å². The van der Waals surface area contributed by atoms with Crippen molar-refractivity contribution in [1.29, 1.82) is 0 Å². The molecule has 0 radical (unpaired) electrons. The van der Waals surface area contributed by atoms with Gasteiger partial charge in [-0.15, -0.1) is 0 Å². The summed E-state index contributed by atoms with van der Waals surface area (Å²) in [5, 5.41) is 8.87. The van der Waals surface area contributed by atoms with E-state index in [1.807, 2.05) is 0 Å². The van der Waals surface area contributed by atoms with Crippen LogP contribution in [0.4, 0.5) is 8.78 Å². The maximum atomic E-state index is 12.5. The number of carbonyl (C=O) groups is 2. The monoisotopic (exact) mass is 295 g/mol. The molecule has 0 aliphatic heterocycles. The molecule has 0 bridgehead atoms. The molecule has 0 saturated carbocycles. The van der Waals surface area contributed by atoms with Gasteiger partial charge < -0.3 is 14.7 Å². The first-order valence-electron chi connectivity index (χ1n) is 6.49. The van der Waals surface area contributed by atoms with Crippen molar-refractivity contribution >= 4 is 11.9 Å². The van der Waals surface area contributed by atoms with Crippen LogP contribution in [0.3, 0.4) is 0 Å². The molecule has 1 amide bonds. The third-order valence-electron chi connectivity index (χ3n) is 2.68. The highest BCUT2D eigenvalue weighted by atomic mass is 19.3. The van der Waals surface area contributed by atoms with Crippen molar-refractivity contribution in [3.63, 3.8) is 0 Å². The number of esters is 1. The number of nitrogens with zero attached hydrogens (tertiary/aromatic N) is 1. The molecule has 0 rings (SSSR count). The van der Waals surface area contributed by atoms with Crippen LogP contribution in [0.5, 0.6) is 0 Å². The summed E-state index contributed by atoms with van der Waals surface area (Å²) in [6.07, 6.45) is -2.73. The van der Waals surface area contributed by atoms with Crippen LogP contribution in [0, 0.1) is 11.3 Å². The van der Waals surface area contributed by atoms with Gasteiger partial charge in [-0.1, -0.05) is 20.8 Å². The Morgan fingerprint density at radius 2 is 1.85 bits per heavy atom. The van der Waals surface area contributed by atoms with Gasteiger partial charge in [-0.05, 0) is 12.3 Å². The van der Waals surface area contributed by atoms with Gasteiger partial charge in [0.25, 0.3) is 6.43 Å². The number of hydrogen-bond donors (Lipinski definition) is 1. The second-order valence-corrected chi connectivity index (χ2v) is 5.45. The number of ether oxygens (including phenoxy) is 1. The van der Waals surface area contributed by atoms with E-state index in [9.17, 15) is 18.4 Å². The van der Waals surface area contributed by atoms with E-state index in [0.717, 1.165) is 4.90 Å². The first-order chi connectivity index (χ1) is 9.15. The van der Waals surface area contributed by atoms with Crippen molar-refractivity contribution in [3.05, 3.63) is 0 Å². The number of rotatable bonds is 7. The minimum Gasteiger partial charge on any atom is -0.465 e. The highest BCUT2D eigenvalue weighted by Gasteiger charge is 2.41. The van der Waals surface area contributed by atoms with Crippen molar-refractivity contribution in [2.75, 3.05) is 26.3 Å². The average Bonchev–Trinajstić information content (AvgIpc) is 2.26. The van der Waals surface area contributed by atoms with Crippen LogP contribution in [0.2, 0.25) is 0 Å². The minimum atomic E-state index is -2.73. The van der Waals surface area contributed by atoms with E-state index in [1.165, 1.54) is 0 Å². The Kier molecular flexibility index (Phi) is 7.63. The van der Waals surface area contributed by atoms with Gasteiger partial charge in [-0.2, -0.15) is 0 Å². The molecule has 0 fully saturated rings. The average molecular weight is 295 g/mol. The van der Waals surface area contributed by atoms with Crippen molar-refractivity contribution in [2.45, 2.75) is 34.1 Å². The van der Waals surface area contributed by atoms with Gasteiger partial charge in [0.05, 0.1) is 19.8 Å². The first-order valence-corrected chi connectivity index (χ1v) is 6.49. The van der Waals surface area contributed by atoms with Crippen LogP contribution in [0.1, 0.15) is 27.7 Å². The molecular formula is C13H23F2NO4. The normalized spacial score (nSPS) is 13.2. The molecule has 7 heteroatoms. The summed E-state index contributed by atoms with van der Waals surface area (Å²) in [6.45, 7) is 5.18. The molecule has 1 N–H and O–H groups in total. The summed E-state index contributed by atoms with van der Waals surface area (Å²) in [5.41, 5.74) is -0.765. The van der Waals surface area contributed by atoms with Gasteiger partial charge in [0.1, 0.15) is 5.92 Å². The standard InChI is InChI=1S/C13H23F2NO4/c1-5-20-12(19)10(13(2,3)4)11(18)16(6-7-17)8-9(14)15/h9-10,17H,5-8H2,1-4H3. The largest absolute Gasteiger partial charge is 0.465 e. The summed E-state index contributed by atoms with van der Waals surface area (Å²) < 4.78 is 29.8. The number of hydrogen-bond acceptors (Lipinski definition) is 4. The fraction of sp³-hybridized carbons (Fsp3) is 0.846. The predicted octanol–water partition coefficient (Wildman–Crippen LogP) is 1.30. The predicted molar refractivity (Wildman–Crippen MR) is 69.2 cm³/mol. The van der Waals surface area contributed by atoms with Crippen LogP contribution in [0.25, 0.3) is 0 Å². The van der Waals surface area contributed by atoms with E-state index in [4.69, 9.17) is 9.84 Å². The Morgan fingerprint density at radius 1 is 1.30 bits per heavy atom. The lowest BCUT2D eigenvalue weighted by Gasteiger charge is -2.32. The van der Waals surface area contributed by atoms with Gasteiger partial charge in [-0.25, -0.2) is 8.78 Å². The van der Waals surface area contributed by atoms with Gasteiger partial charge in [0.2, 0.25) is 5.91 Å². The quantitative estimate of drug-likeness (QED) is 0.568. The maximum Gasteiger partial charge on any atom is 0.319 e. The molecule has 0 aromatic heterocycles. The summed E-state index contributed by atoms with van der Waals surface area (Å²) >= 11 is 0. The molecule has 0 aromatic rings. The fourth-order valence-electron chi connectivity index (χ4n) is 1.81. The number of aliphatic hydroxyl groups excluding tert-OH is 1. The lowest BCUT2D eigenvalue weighted by molar-refractivity contribution is -0.161. The lowest BCUT2D eigenvalue weighted by Crippen LogP contribution is -2.48. The minimum absolute atomic E-state index is 0.105. The van der Waals surface area contributed by atoms with Crippen LogP contribution < -0.4 is 0 Å². The topological polar surface area (TPSA) is 66.8 Å². The maximum absolute atomic E-state index is 12.5. The molecule has 1 atom stereocenters. The van der Waals surface area contributed by atoms with Gasteiger partial charge >= 0.3 is 5.97 Å². The van der Waals surface area contributed by atoms with Gasteiger partial charge in [-0.3, -0.25) is 9.59 Å². The molecule has 20 heavy (non-hydrogen) atoms. The van der Waals surface area contributed by atoms with E-state index in [2.05, 4.69) is 0 Å². The SMILES string of the molecule is CCOC(=O)C(C(=O)N(CCO)CC(F)F)C(C)(C)C. The Morgan fingerprint density at radius 3 is 2.20 bits per heavy atom. The Hall–Kier alpha value is -1.24. The van der Waals surface area contributed by atoms with E-state index < -0.39 is 42.8 Å². The number of alkyl halides is 2. The number of halogens is 2. The molecule has 0 saturated heterocycles. The second-order valence-electron chi connectivity index (χ2n) is 5.45. The summed E-state index contributed by atoms with van der Waals surface area (Å²) in [6, 6.07) is 0. The first kappa shape index (κ1) is 18.8. The highest BCUT2D eigenvalue weighted by Crippen LogP contribution is 2.29. The molecule has 0 spiro atoms. The fourth-order valence-corrected chi connectivity index (χ4v) is 1.81. The molecule has 0 aromatic carbocycles. The zero-order valence-corrected chi connectivity index (χ0v) is 12.4. The lowest BCUT2D eigenvalue weighted by atomic mass is 9.79. The number of carbonyl (C=O) groups excluding carboxylic acids is 2. The molecule has 0 aliphatic rings. The van der Waals surface area contributed by atoms with Crippen LogP contribution in [-0.4, -0.2) is 54.6 Å². The molecule has 0 heterocycles. The Labute approximate surface area is 117 Å². The van der Waals surface area contributed by atoms with E-state index >= 15 is 0 Å². The van der Waals surface area contributed by atoms with Crippen LogP contribution in [-0.2, 0) is 14.3 Å². The molecule has 5 nitrogen and oxygen atoms in total. The second kappa shape index (κ2) is 8.14. The van der Waals surface area contributed by atoms with Crippen molar-refractivity contribution in [2.24, 2.45) is 11.3 Å². The summed E-state index contributed by atoms with van der Waals surface area (Å²) in [7, 11) is 0. The van der Waals surface area contributed by atoms with Crippen LogP contribution >= 0.6 is 0 Å². The summed E-state index contributed by atoms with van der Waals surface area (Å²) in [4.78, 5) is 25.0. The van der Waals surface area contributed by atoms with E-state index in [0.29, 0.717) is 0 Å². The molecule has 1 unspecified atom stereocenters. The number of amides is 1. The smallest absolute Gasteiger partial charge is 0.319 e. The van der Waals surface area contributed by atoms with Gasteiger partial charge in [0.15, 0.2) is 0 Å². The van der Waals surface area contributed by atoms with E-state index in [-0.39, 0.29) is 13.2 Å². The third-order valence-corrected chi connectivity index (χ3v) is 2.68. The summed E-state index contributed by atoms with van der Waals surface area (Å²) in [5.74, 6) is -2.65. The number of aliphatic hydroxyl groups is 1. The molecule has 118 valence electrons.